The van der Waals surface area contributed by atoms with Crippen LogP contribution in [0, 0.1) is 0 Å². The van der Waals surface area contributed by atoms with Gasteiger partial charge in [-0.05, 0) is 18.9 Å². The second-order valence-corrected chi connectivity index (χ2v) is 4.00. The Balaban J connectivity index is 2.32. The van der Waals surface area contributed by atoms with Crippen LogP contribution in [-0.4, -0.2) is 14.5 Å². The molecule has 1 fully saturated rings. The minimum atomic E-state index is 0.494. The highest BCUT2D eigenvalue weighted by atomic mass is 35.5. The molecule has 14 heavy (non-hydrogen) atoms. The molecule has 0 amide bonds. The molecule has 4 nitrogen and oxygen atoms in total. The molecule has 3 rings (SSSR count). The first kappa shape index (κ1) is 8.05. The number of nitrogens with zero attached hydrogens (tertiary/aromatic N) is 3. The monoisotopic (exact) mass is 208 g/mol. The Kier molecular flexibility index (Phi) is 1.50. The maximum absolute atomic E-state index is 5.82. The van der Waals surface area contributed by atoms with E-state index in [0.29, 0.717) is 17.0 Å². The van der Waals surface area contributed by atoms with Gasteiger partial charge in [0.15, 0.2) is 5.65 Å². The molecule has 1 aliphatic rings. The van der Waals surface area contributed by atoms with Crippen LogP contribution in [0.1, 0.15) is 18.9 Å². The van der Waals surface area contributed by atoms with Gasteiger partial charge in [-0.3, -0.25) is 4.57 Å². The molecule has 0 aliphatic heterocycles. The summed E-state index contributed by atoms with van der Waals surface area (Å²) in [6, 6.07) is 2.28. The van der Waals surface area contributed by atoms with Gasteiger partial charge in [0.1, 0.15) is 5.52 Å². The normalized spacial score (nSPS) is 16.4. The number of nitrogen functional groups attached to an aromatic ring is 1. The highest BCUT2D eigenvalue weighted by Gasteiger charge is 2.27. The van der Waals surface area contributed by atoms with E-state index in [-0.39, 0.29) is 0 Å². The third-order valence-electron chi connectivity index (χ3n) is 2.44. The summed E-state index contributed by atoms with van der Waals surface area (Å²) < 4.78 is 1.99. The van der Waals surface area contributed by atoms with Gasteiger partial charge >= 0.3 is 0 Å². The quantitative estimate of drug-likeness (QED) is 0.780. The van der Waals surface area contributed by atoms with E-state index >= 15 is 0 Å². The van der Waals surface area contributed by atoms with Crippen molar-refractivity contribution in [2.24, 2.45) is 0 Å². The highest BCUT2D eigenvalue weighted by Crippen LogP contribution is 2.39. The van der Waals surface area contributed by atoms with Crippen LogP contribution in [0.4, 0.5) is 5.95 Å². The van der Waals surface area contributed by atoms with Crippen molar-refractivity contribution in [3.05, 3.63) is 17.3 Å². The lowest BCUT2D eigenvalue weighted by Crippen LogP contribution is -2.01. The molecule has 0 saturated heterocycles. The van der Waals surface area contributed by atoms with Crippen molar-refractivity contribution < 1.29 is 0 Å². The summed E-state index contributed by atoms with van der Waals surface area (Å²) >= 11 is 5.82. The molecule has 0 spiro atoms. The largest absolute Gasteiger partial charge is 0.369 e. The number of fused-ring (bicyclic) bond motifs is 1. The Bertz CT molecular complexity index is 501. The van der Waals surface area contributed by atoms with Crippen molar-refractivity contribution in [1.82, 2.24) is 14.5 Å². The third-order valence-corrected chi connectivity index (χ3v) is 2.64. The maximum atomic E-state index is 5.82. The summed E-state index contributed by atoms with van der Waals surface area (Å²) in [5.41, 5.74) is 7.43. The number of nitrogens with two attached hydrogens (primary N) is 1. The van der Waals surface area contributed by atoms with E-state index < -0.39 is 0 Å². The minimum absolute atomic E-state index is 0.494. The van der Waals surface area contributed by atoms with Crippen LogP contribution in [0.15, 0.2) is 12.3 Å². The lowest BCUT2D eigenvalue weighted by atomic mass is 10.4. The number of aromatic nitrogens is 3. The summed E-state index contributed by atoms with van der Waals surface area (Å²) in [7, 11) is 0. The summed E-state index contributed by atoms with van der Waals surface area (Å²) in [6.45, 7) is 0. The molecule has 5 heteroatoms. The van der Waals surface area contributed by atoms with Crippen LogP contribution in [0.5, 0.6) is 0 Å². The Hall–Kier alpha value is -1.29. The molecule has 0 bridgehead atoms. The molecular weight excluding hydrogens is 200 g/mol. The van der Waals surface area contributed by atoms with E-state index in [1.165, 1.54) is 12.8 Å². The number of halogens is 1. The van der Waals surface area contributed by atoms with Gasteiger partial charge in [0, 0.05) is 12.2 Å². The van der Waals surface area contributed by atoms with Gasteiger partial charge in [0.25, 0.3) is 0 Å². The van der Waals surface area contributed by atoms with Gasteiger partial charge < -0.3 is 5.73 Å². The summed E-state index contributed by atoms with van der Waals surface area (Å²) in [4.78, 5) is 8.48. The summed E-state index contributed by atoms with van der Waals surface area (Å²) in [5, 5.41) is 0.595. The Labute approximate surface area is 85.7 Å². The molecule has 1 saturated carbocycles. The van der Waals surface area contributed by atoms with Crippen LogP contribution >= 0.6 is 11.6 Å². The fourth-order valence-corrected chi connectivity index (χ4v) is 1.82. The highest BCUT2D eigenvalue weighted by molar-refractivity contribution is 6.31. The number of anilines is 1. The Morgan fingerprint density at radius 2 is 2.29 bits per heavy atom. The maximum Gasteiger partial charge on any atom is 0.202 e. The first-order valence-electron chi connectivity index (χ1n) is 4.54. The van der Waals surface area contributed by atoms with Gasteiger partial charge in [-0.2, -0.15) is 0 Å². The van der Waals surface area contributed by atoms with Crippen molar-refractivity contribution in [1.29, 1.82) is 0 Å². The van der Waals surface area contributed by atoms with Gasteiger partial charge in [-0.25, -0.2) is 9.97 Å². The van der Waals surface area contributed by atoms with Crippen molar-refractivity contribution in [2.45, 2.75) is 18.9 Å². The predicted molar refractivity (Wildman–Crippen MR) is 55.2 cm³/mol. The molecule has 0 radical (unpaired) electrons. The lowest BCUT2D eigenvalue weighted by molar-refractivity contribution is 0.770. The van der Waals surface area contributed by atoms with Gasteiger partial charge in [-0.15, -0.1) is 0 Å². The zero-order chi connectivity index (χ0) is 9.71. The fraction of sp³-hybridized carbons (Fsp3) is 0.333. The zero-order valence-electron chi connectivity index (χ0n) is 7.44. The minimum Gasteiger partial charge on any atom is -0.369 e. The smallest absolute Gasteiger partial charge is 0.202 e. The molecule has 2 heterocycles. The van der Waals surface area contributed by atoms with Crippen LogP contribution in [0.2, 0.25) is 5.02 Å². The molecule has 0 atom stereocenters. The Morgan fingerprint density at radius 3 is 3.00 bits per heavy atom. The third kappa shape index (κ3) is 1.07. The van der Waals surface area contributed by atoms with E-state index in [0.717, 1.165) is 11.2 Å². The van der Waals surface area contributed by atoms with E-state index in [1.54, 1.807) is 12.3 Å². The SMILES string of the molecule is Nc1nc2cc(Cl)cnc2n1C1CC1. The first-order valence-corrected chi connectivity index (χ1v) is 4.92. The number of imidazole rings is 1. The zero-order valence-corrected chi connectivity index (χ0v) is 8.20. The second-order valence-electron chi connectivity index (χ2n) is 3.57. The average Bonchev–Trinajstić information content (AvgIpc) is 2.89. The first-order chi connectivity index (χ1) is 6.75. The van der Waals surface area contributed by atoms with Crippen LogP contribution in [0.25, 0.3) is 11.2 Å². The molecule has 0 unspecified atom stereocenters. The molecule has 2 aromatic rings. The summed E-state index contributed by atoms with van der Waals surface area (Å²) in [6.07, 6.45) is 3.96. The number of hydrogen-bond donors (Lipinski definition) is 1. The van der Waals surface area contributed by atoms with E-state index in [1.807, 2.05) is 4.57 Å². The molecule has 1 aliphatic carbocycles. The second kappa shape index (κ2) is 2.60. The lowest BCUT2D eigenvalue weighted by Gasteiger charge is -2.01. The number of hydrogen-bond acceptors (Lipinski definition) is 3. The summed E-state index contributed by atoms with van der Waals surface area (Å²) in [5.74, 6) is 0.539. The topological polar surface area (TPSA) is 56.7 Å². The van der Waals surface area contributed by atoms with Crippen LogP contribution in [0.3, 0.4) is 0 Å². The molecule has 0 aromatic carbocycles. The molecule has 72 valence electrons. The van der Waals surface area contributed by atoms with Crippen LogP contribution in [-0.2, 0) is 0 Å². The van der Waals surface area contributed by atoms with Crippen LogP contribution < -0.4 is 5.73 Å². The van der Waals surface area contributed by atoms with Gasteiger partial charge in [0.2, 0.25) is 5.95 Å². The van der Waals surface area contributed by atoms with Crippen molar-refractivity contribution in [3.8, 4) is 0 Å². The standard InChI is InChI=1S/C9H9ClN4/c10-5-3-7-8(12-4-5)14(6-1-2-6)9(11)13-7/h3-4,6H,1-2H2,(H2,11,13). The van der Waals surface area contributed by atoms with E-state index in [9.17, 15) is 0 Å². The van der Waals surface area contributed by atoms with E-state index in [4.69, 9.17) is 17.3 Å². The van der Waals surface area contributed by atoms with Crippen molar-refractivity contribution >= 4 is 28.7 Å². The Morgan fingerprint density at radius 1 is 1.50 bits per heavy atom. The van der Waals surface area contributed by atoms with Crippen molar-refractivity contribution in [2.75, 3.05) is 5.73 Å². The van der Waals surface area contributed by atoms with Gasteiger partial charge in [0.05, 0.1) is 5.02 Å². The molecule has 2 N–H and O–H groups in total. The molecule has 2 aromatic heterocycles. The molecular formula is C9H9ClN4. The van der Waals surface area contributed by atoms with Gasteiger partial charge in [-0.1, -0.05) is 11.6 Å². The van der Waals surface area contributed by atoms with Crippen molar-refractivity contribution in [3.63, 3.8) is 0 Å². The predicted octanol–water partition coefficient (Wildman–Crippen LogP) is 2.00. The fourth-order valence-electron chi connectivity index (χ4n) is 1.67. The average molecular weight is 209 g/mol. The number of pyridine rings is 1. The van der Waals surface area contributed by atoms with E-state index in [2.05, 4.69) is 9.97 Å². The number of rotatable bonds is 1.